The Kier molecular flexibility index (Phi) is 14.5. The van der Waals surface area contributed by atoms with Crippen LogP contribution in [0.25, 0.3) is 0 Å². The van der Waals surface area contributed by atoms with E-state index in [0.29, 0.717) is 61.8 Å². The van der Waals surface area contributed by atoms with Crippen LogP contribution in [0.2, 0.25) is 10.0 Å². The van der Waals surface area contributed by atoms with Crippen molar-refractivity contribution in [1.29, 1.82) is 0 Å². The van der Waals surface area contributed by atoms with Crippen LogP contribution in [-0.2, 0) is 27.4 Å². The van der Waals surface area contributed by atoms with Crippen molar-refractivity contribution < 1.29 is 24.4 Å². The molecule has 1 unspecified atom stereocenters. The first-order valence-corrected chi connectivity index (χ1v) is 12.6. The Morgan fingerprint density at radius 3 is 2.38 bits per heavy atom. The maximum atomic E-state index is 10.4. The molecule has 0 bridgehead atoms. The fourth-order valence-corrected chi connectivity index (χ4v) is 3.88. The summed E-state index contributed by atoms with van der Waals surface area (Å²) in [5.74, 6) is 0.191. The number of hydrogen-bond donors (Lipinski definition) is 3. The van der Waals surface area contributed by atoms with E-state index in [9.17, 15) is 10.2 Å². The lowest BCUT2D eigenvalue weighted by molar-refractivity contribution is 0.0393. The maximum Gasteiger partial charge on any atom is 0.121 e. The van der Waals surface area contributed by atoms with Crippen molar-refractivity contribution in [3.05, 3.63) is 63.1 Å². The SMILES string of the molecule is CCOCc1cc(C(O)CNCCCCCCOCCOCc2c(Cl)cccc2Cl)ccc1O. The van der Waals surface area contributed by atoms with Crippen molar-refractivity contribution in [2.75, 3.05) is 39.5 Å². The van der Waals surface area contributed by atoms with E-state index in [2.05, 4.69) is 5.32 Å². The van der Waals surface area contributed by atoms with E-state index >= 15 is 0 Å². The smallest absolute Gasteiger partial charge is 0.121 e. The van der Waals surface area contributed by atoms with Crippen LogP contribution in [-0.4, -0.2) is 49.7 Å². The molecule has 0 spiro atoms. The average Bonchev–Trinajstić information content (AvgIpc) is 2.83. The lowest BCUT2D eigenvalue weighted by Gasteiger charge is -2.14. The summed E-state index contributed by atoms with van der Waals surface area (Å²) in [7, 11) is 0. The minimum absolute atomic E-state index is 0.191. The Bertz CT molecular complexity index is 817. The van der Waals surface area contributed by atoms with Crippen molar-refractivity contribution in [2.24, 2.45) is 0 Å². The van der Waals surface area contributed by atoms with Crippen LogP contribution in [0, 0.1) is 0 Å². The number of rotatable bonds is 18. The van der Waals surface area contributed by atoms with Crippen molar-refractivity contribution in [3.8, 4) is 5.75 Å². The van der Waals surface area contributed by atoms with Crippen LogP contribution in [0.4, 0.5) is 0 Å². The normalized spacial score (nSPS) is 12.2. The van der Waals surface area contributed by atoms with Crippen LogP contribution < -0.4 is 5.32 Å². The largest absolute Gasteiger partial charge is 0.508 e. The molecule has 0 saturated carbocycles. The van der Waals surface area contributed by atoms with Crippen LogP contribution in [0.5, 0.6) is 5.75 Å². The Labute approximate surface area is 213 Å². The third-order valence-electron chi connectivity index (χ3n) is 5.36. The highest BCUT2D eigenvalue weighted by Gasteiger charge is 2.10. The second-order valence-corrected chi connectivity index (χ2v) is 8.84. The van der Waals surface area contributed by atoms with Gasteiger partial charge in [-0.1, -0.05) is 48.2 Å². The molecule has 0 aliphatic carbocycles. The number of halogens is 2. The number of nitrogens with one attached hydrogen (secondary N) is 1. The average molecular weight is 514 g/mol. The third kappa shape index (κ3) is 10.9. The maximum absolute atomic E-state index is 10.4. The number of benzene rings is 2. The molecule has 1 atom stereocenters. The first kappa shape index (κ1) is 28.9. The number of aromatic hydroxyl groups is 1. The highest BCUT2D eigenvalue weighted by molar-refractivity contribution is 6.35. The van der Waals surface area contributed by atoms with E-state index in [1.54, 1.807) is 30.3 Å². The van der Waals surface area contributed by atoms with Crippen LogP contribution in [0.15, 0.2) is 36.4 Å². The molecule has 0 aliphatic heterocycles. The molecule has 0 saturated heterocycles. The predicted octanol–water partition coefficient (Wildman–Crippen LogP) is 5.65. The second kappa shape index (κ2) is 17.1. The molecule has 0 heterocycles. The highest BCUT2D eigenvalue weighted by atomic mass is 35.5. The number of unbranched alkanes of at least 4 members (excludes halogenated alkanes) is 3. The summed E-state index contributed by atoms with van der Waals surface area (Å²) in [6.45, 7) is 6.29. The van der Waals surface area contributed by atoms with Crippen molar-refractivity contribution in [3.63, 3.8) is 0 Å². The van der Waals surface area contributed by atoms with E-state index in [1.165, 1.54) is 0 Å². The van der Waals surface area contributed by atoms with Crippen LogP contribution in [0.3, 0.4) is 0 Å². The lowest BCUT2D eigenvalue weighted by Crippen LogP contribution is -2.22. The van der Waals surface area contributed by atoms with Gasteiger partial charge in [-0.25, -0.2) is 0 Å². The van der Waals surface area contributed by atoms with Gasteiger partial charge in [-0.05, 0) is 56.1 Å². The summed E-state index contributed by atoms with van der Waals surface area (Å²) < 4.78 is 16.6. The summed E-state index contributed by atoms with van der Waals surface area (Å²) >= 11 is 12.2. The van der Waals surface area contributed by atoms with Crippen molar-refractivity contribution >= 4 is 23.2 Å². The van der Waals surface area contributed by atoms with Crippen LogP contribution >= 0.6 is 23.2 Å². The Hall–Kier alpha value is -1.38. The van der Waals surface area contributed by atoms with Gasteiger partial charge in [-0.15, -0.1) is 0 Å². The number of aliphatic hydroxyl groups excluding tert-OH is 1. The summed E-state index contributed by atoms with van der Waals surface area (Å²) in [6.07, 6.45) is 3.63. The minimum atomic E-state index is -0.620. The monoisotopic (exact) mass is 513 g/mol. The standard InChI is InChI=1S/C26H37Cl2NO5/c1-2-32-18-21-16-20(10-11-25(21)30)26(31)17-29-12-5-3-4-6-13-33-14-15-34-19-22-23(27)8-7-9-24(22)28/h7-11,16,26,29-31H,2-6,12-15,17-19H2,1H3. The quantitative estimate of drug-likeness (QED) is 0.223. The van der Waals surface area contributed by atoms with Crippen molar-refractivity contribution in [1.82, 2.24) is 5.32 Å². The molecule has 6 nitrogen and oxygen atoms in total. The van der Waals surface area contributed by atoms with Gasteiger partial charge >= 0.3 is 0 Å². The first-order chi connectivity index (χ1) is 16.5. The zero-order valence-corrected chi connectivity index (χ0v) is 21.4. The Morgan fingerprint density at radius 1 is 0.882 bits per heavy atom. The fourth-order valence-electron chi connectivity index (χ4n) is 3.37. The van der Waals surface area contributed by atoms with Crippen LogP contribution in [0.1, 0.15) is 55.4 Å². The number of aliphatic hydroxyl groups is 1. The van der Waals surface area contributed by atoms with E-state index < -0.39 is 6.10 Å². The summed E-state index contributed by atoms with van der Waals surface area (Å²) in [5, 5.41) is 24.8. The number of hydrogen-bond acceptors (Lipinski definition) is 6. The zero-order chi connectivity index (χ0) is 24.6. The molecule has 0 fully saturated rings. The Morgan fingerprint density at radius 2 is 1.62 bits per heavy atom. The van der Waals surface area contributed by atoms with Gasteiger partial charge in [0, 0.05) is 40.9 Å². The Balaban J connectivity index is 1.44. The molecule has 0 amide bonds. The lowest BCUT2D eigenvalue weighted by atomic mass is 10.1. The molecular weight excluding hydrogens is 477 g/mol. The molecule has 0 aromatic heterocycles. The van der Waals surface area contributed by atoms with Gasteiger partial charge in [-0.3, -0.25) is 0 Å². The third-order valence-corrected chi connectivity index (χ3v) is 6.07. The van der Waals surface area contributed by atoms with Gasteiger partial charge in [0.15, 0.2) is 0 Å². The zero-order valence-electron chi connectivity index (χ0n) is 19.9. The van der Waals surface area contributed by atoms with Gasteiger partial charge in [0.2, 0.25) is 0 Å². The van der Waals surface area contributed by atoms with Gasteiger partial charge in [0.25, 0.3) is 0 Å². The molecule has 3 N–H and O–H groups in total. The van der Waals surface area contributed by atoms with E-state index in [4.69, 9.17) is 37.4 Å². The number of phenols is 1. The molecule has 0 radical (unpaired) electrons. The first-order valence-electron chi connectivity index (χ1n) is 11.9. The molecule has 2 rings (SSSR count). The minimum Gasteiger partial charge on any atom is -0.508 e. The summed E-state index contributed by atoms with van der Waals surface area (Å²) in [6, 6.07) is 10.6. The van der Waals surface area contributed by atoms with Gasteiger partial charge in [0.1, 0.15) is 5.75 Å². The summed E-state index contributed by atoms with van der Waals surface area (Å²) in [4.78, 5) is 0. The predicted molar refractivity (Wildman–Crippen MR) is 137 cm³/mol. The van der Waals surface area contributed by atoms with Crippen molar-refractivity contribution in [2.45, 2.75) is 51.9 Å². The fraction of sp³-hybridized carbons (Fsp3) is 0.538. The van der Waals surface area contributed by atoms with Gasteiger partial charge in [-0.2, -0.15) is 0 Å². The van der Waals surface area contributed by atoms with E-state index in [0.717, 1.165) is 43.4 Å². The summed E-state index contributed by atoms with van der Waals surface area (Å²) in [5.41, 5.74) is 2.27. The molecule has 190 valence electrons. The van der Waals surface area contributed by atoms with E-state index in [1.807, 2.05) is 13.0 Å². The molecule has 2 aromatic rings. The second-order valence-electron chi connectivity index (χ2n) is 8.02. The molecule has 0 aliphatic rings. The molecular formula is C26H37Cl2NO5. The molecule has 34 heavy (non-hydrogen) atoms. The number of ether oxygens (including phenoxy) is 3. The van der Waals surface area contributed by atoms with Gasteiger partial charge in [0.05, 0.1) is 32.5 Å². The molecule has 2 aromatic carbocycles. The topological polar surface area (TPSA) is 80.2 Å². The highest BCUT2D eigenvalue weighted by Crippen LogP contribution is 2.25. The molecule has 8 heteroatoms. The van der Waals surface area contributed by atoms with Gasteiger partial charge < -0.3 is 29.7 Å². The number of phenolic OH excluding ortho intramolecular Hbond substituents is 1. The van der Waals surface area contributed by atoms with E-state index in [-0.39, 0.29) is 5.75 Å².